The molecule has 1 fully saturated rings. The average Bonchev–Trinajstić information content (AvgIpc) is 3.08. The Bertz CT molecular complexity index is 446. The number of rotatable bonds is 4. The van der Waals surface area contributed by atoms with Crippen molar-refractivity contribution in [1.29, 1.82) is 0 Å². The van der Waals surface area contributed by atoms with Crippen LogP contribution in [-0.4, -0.2) is 43.2 Å². The summed E-state index contributed by atoms with van der Waals surface area (Å²) in [5.41, 5.74) is 1.32. The lowest BCUT2D eigenvalue weighted by Crippen LogP contribution is -2.42. The topological polar surface area (TPSA) is 41.6 Å². The van der Waals surface area contributed by atoms with Crippen LogP contribution in [0.5, 0.6) is 0 Å². The van der Waals surface area contributed by atoms with Crippen LogP contribution < -0.4 is 5.32 Å². The van der Waals surface area contributed by atoms with Gasteiger partial charge in [0.2, 0.25) is 5.91 Å². The molecule has 112 valence electrons. The van der Waals surface area contributed by atoms with Crippen LogP contribution in [0.4, 0.5) is 0 Å². The summed E-state index contributed by atoms with van der Waals surface area (Å²) in [5.74, 6) is 0.204. The number of carbonyl (C=O) groups excluding carboxylic acids is 1. The first kappa shape index (κ1) is 15.8. The van der Waals surface area contributed by atoms with Crippen molar-refractivity contribution in [2.24, 2.45) is 0 Å². The Kier molecular flexibility index (Phi) is 5.84. The molecule has 0 radical (unpaired) electrons. The van der Waals surface area contributed by atoms with Crippen LogP contribution in [0.25, 0.3) is 0 Å². The van der Waals surface area contributed by atoms with Crippen molar-refractivity contribution in [1.82, 2.24) is 10.2 Å². The van der Waals surface area contributed by atoms with Gasteiger partial charge >= 0.3 is 0 Å². The minimum absolute atomic E-state index is 0. The monoisotopic (exact) mass is 316 g/mol. The Morgan fingerprint density at radius 1 is 1.55 bits per heavy atom. The molecule has 0 bridgehead atoms. The van der Waals surface area contributed by atoms with Gasteiger partial charge in [0.25, 0.3) is 0 Å². The molecule has 1 aromatic heterocycles. The normalized spacial score (nSPS) is 21.4. The van der Waals surface area contributed by atoms with E-state index in [0.29, 0.717) is 12.6 Å². The number of hydrogen-bond donors (Lipinski definition) is 1. The van der Waals surface area contributed by atoms with E-state index in [9.17, 15) is 4.79 Å². The predicted octanol–water partition coefficient (Wildman–Crippen LogP) is 1.82. The SMILES string of the molecule is Cl.O=C(CNCC1CCCO1)N1CCc2sccc2C1. The van der Waals surface area contributed by atoms with Crippen LogP contribution in [0.15, 0.2) is 11.4 Å². The average molecular weight is 317 g/mol. The number of nitrogens with zero attached hydrogens (tertiary/aromatic N) is 1. The summed E-state index contributed by atoms with van der Waals surface area (Å²) in [4.78, 5) is 15.5. The van der Waals surface area contributed by atoms with Crippen LogP contribution in [0, 0.1) is 0 Å². The fourth-order valence-electron chi connectivity index (χ4n) is 2.72. The van der Waals surface area contributed by atoms with Gasteiger partial charge in [0, 0.05) is 31.1 Å². The molecule has 3 heterocycles. The maximum atomic E-state index is 12.1. The van der Waals surface area contributed by atoms with Crippen LogP contribution in [0.1, 0.15) is 23.3 Å². The van der Waals surface area contributed by atoms with Crippen molar-refractivity contribution < 1.29 is 9.53 Å². The Hall–Kier alpha value is -0.620. The van der Waals surface area contributed by atoms with Crippen molar-refractivity contribution in [3.05, 3.63) is 21.9 Å². The highest BCUT2D eigenvalue weighted by molar-refractivity contribution is 7.10. The van der Waals surface area contributed by atoms with Gasteiger partial charge in [-0.15, -0.1) is 23.7 Å². The van der Waals surface area contributed by atoms with E-state index in [-0.39, 0.29) is 18.3 Å². The first-order valence-corrected chi connectivity index (χ1v) is 7.86. The lowest BCUT2D eigenvalue weighted by atomic mass is 10.1. The van der Waals surface area contributed by atoms with Crippen LogP contribution in [-0.2, 0) is 22.5 Å². The highest BCUT2D eigenvalue weighted by Crippen LogP contribution is 2.23. The second-order valence-corrected chi connectivity index (χ2v) is 6.20. The van der Waals surface area contributed by atoms with Crippen molar-refractivity contribution in [2.45, 2.75) is 31.9 Å². The van der Waals surface area contributed by atoms with Gasteiger partial charge in [0.1, 0.15) is 0 Å². The second-order valence-electron chi connectivity index (χ2n) is 5.20. The highest BCUT2D eigenvalue weighted by Gasteiger charge is 2.21. The predicted molar refractivity (Wildman–Crippen MR) is 82.5 cm³/mol. The zero-order chi connectivity index (χ0) is 13.1. The Labute approximate surface area is 129 Å². The van der Waals surface area contributed by atoms with Crippen molar-refractivity contribution >= 4 is 29.7 Å². The number of thiophene rings is 1. The first-order chi connectivity index (χ1) is 9.33. The number of hydrogen-bond acceptors (Lipinski definition) is 4. The van der Waals surface area contributed by atoms with Crippen molar-refractivity contribution in [2.75, 3.05) is 26.2 Å². The maximum absolute atomic E-state index is 12.1. The summed E-state index contributed by atoms with van der Waals surface area (Å²) < 4.78 is 5.53. The molecule has 1 N–H and O–H groups in total. The molecule has 4 nitrogen and oxygen atoms in total. The van der Waals surface area contributed by atoms with Gasteiger partial charge in [-0.3, -0.25) is 4.79 Å². The Morgan fingerprint density at radius 2 is 2.45 bits per heavy atom. The van der Waals surface area contributed by atoms with E-state index in [4.69, 9.17) is 4.74 Å². The summed E-state index contributed by atoms with van der Waals surface area (Å²) in [6.07, 6.45) is 3.57. The zero-order valence-corrected chi connectivity index (χ0v) is 13.1. The third kappa shape index (κ3) is 3.73. The molecule has 0 aromatic carbocycles. The molecule has 1 aromatic rings. The summed E-state index contributed by atoms with van der Waals surface area (Å²) in [7, 11) is 0. The minimum atomic E-state index is 0. The Balaban J connectivity index is 0.00000147. The molecule has 3 rings (SSSR count). The van der Waals surface area contributed by atoms with E-state index >= 15 is 0 Å². The molecular weight excluding hydrogens is 296 g/mol. The maximum Gasteiger partial charge on any atom is 0.236 e. The van der Waals surface area contributed by atoms with E-state index in [0.717, 1.165) is 45.5 Å². The summed E-state index contributed by atoms with van der Waals surface area (Å²) in [5, 5.41) is 5.35. The van der Waals surface area contributed by atoms with Gasteiger partial charge in [-0.05, 0) is 36.3 Å². The van der Waals surface area contributed by atoms with Gasteiger partial charge in [-0.2, -0.15) is 0 Å². The molecule has 6 heteroatoms. The number of amides is 1. The van der Waals surface area contributed by atoms with Crippen LogP contribution >= 0.6 is 23.7 Å². The largest absolute Gasteiger partial charge is 0.377 e. The minimum Gasteiger partial charge on any atom is -0.377 e. The number of fused-ring (bicyclic) bond motifs is 1. The third-order valence-electron chi connectivity index (χ3n) is 3.83. The molecular formula is C14H21ClN2O2S. The second kappa shape index (κ2) is 7.41. The third-order valence-corrected chi connectivity index (χ3v) is 4.86. The smallest absolute Gasteiger partial charge is 0.236 e. The molecule has 0 aliphatic carbocycles. The molecule has 0 saturated carbocycles. The highest BCUT2D eigenvalue weighted by atomic mass is 35.5. The van der Waals surface area contributed by atoms with E-state index in [1.807, 2.05) is 4.90 Å². The van der Waals surface area contributed by atoms with Crippen LogP contribution in [0.3, 0.4) is 0 Å². The van der Waals surface area contributed by atoms with E-state index < -0.39 is 0 Å². The van der Waals surface area contributed by atoms with E-state index in [1.165, 1.54) is 10.4 Å². The molecule has 20 heavy (non-hydrogen) atoms. The van der Waals surface area contributed by atoms with Crippen LogP contribution in [0.2, 0.25) is 0 Å². The summed E-state index contributed by atoms with van der Waals surface area (Å²) >= 11 is 1.80. The number of nitrogens with one attached hydrogen (secondary N) is 1. The lowest BCUT2D eigenvalue weighted by molar-refractivity contribution is -0.131. The number of carbonyl (C=O) groups is 1. The molecule has 1 amide bonds. The fourth-order valence-corrected chi connectivity index (χ4v) is 3.61. The standard InChI is InChI=1S/C14H20N2O2S.ClH/c17-14(9-15-8-12-2-1-6-18-12)16-5-3-13-11(10-16)4-7-19-13;/h4,7,12,15H,1-3,5-6,8-10H2;1H. The van der Waals surface area contributed by atoms with E-state index in [2.05, 4.69) is 16.8 Å². The molecule has 1 atom stereocenters. The lowest BCUT2D eigenvalue weighted by Gasteiger charge is -2.27. The molecule has 0 spiro atoms. The summed E-state index contributed by atoms with van der Waals surface area (Å²) in [6, 6.07) is 2.14. The molecule has 2 aliphatic heterocycles. The number of halogens is 1. The van der Waals surface area contributed by atoms with Gasteiger partial charge in [0.05, 0.1) is 12.6 Å². The van der Waals surface area contributed by atoms with E-state index in [1.54, 1.807) is 11.3 Å². The van der Waals surface area contributed by atoms with Gasteiger partial charge in [-0.25, -0.2) is 0 Å². The first-order valence-electron chi connectivity index (χ1n) is 6.98. The molecule has 2 aliphatic rings. The van der Waals surface area contributed by atoms with Gasteiger partial charge < -0.3 is 15.0 Å². The fraction of sp³-hybridized carbons (Fsp3) is 0.643. The number of ether oxygens (including phenoxy) is 1. The Morgan fingerprint density at radius 3 is 3.25 bits per heavy atom. The molecule has 1 unspecified atom stereocenters. The summed E-state index contributed by atoms with van der Waals surface area (Å²) in [6.45, 7) is 3.73. The zero-order valence-electron chi connectivity index (χ0n) is 11.5. The quantitative estimate of drug-likeness (QED) is 0.921. The van der Waals surface area contributed by atoms with Gasteiger partial charge in [0.15, 0.2) is 0 Å². The van der Waals surface area contributed by atoms with Crippen molar-refractivity contribution in [3.8, 4) is 0 Å². The molecule has 1 saturated heterocycles. The van der Waals surface area contributed by atoms with Crippen molar-refractivity contribution in [3.63, 3.8) is 0 Å². The van der Waals surface area contributed by atoms with Gasteiger partial charge in [-0.1, -0.05) is 0 Å².